The topological polar surface area (TPSA) is 80.8 Å². The van der Waals surface area contributed by atoms with Gasteiger partial charge < -0.3 is 4.74 Å². The maximum atomic E-state index is 11.8. The van der Waals surface area contributed by atoms with Gasteiger partial charge in [-0.15, -0.1) is 10.2 Å². The summed E-state index contributed by atoms with van der Waals surface area (Å²) in [4.78, 5) is 11.8. The van der Waals surface area contributed by atoms with Crippen LogP contribution in [0.15, 0.2) is 18.2 Å². The SMILES string of the molecule is Cc1cc(C)cc(C(=O)OCCc2nn[nH]n2)c1. The first-order chi connectivity index (χ1) is 8.65. The molecular weight excluding hydrogens is 232 g/mol. The van der Waals surface area contributed by atoms with Gasteiger partial charge in [-0.25, -0.2) is 4.79 Å². The molecule has 0 bridgehead atoms. The molecule has 0 aliphatic carbocycles. The molecule has 0 fully saturated rings. The number of hydrogen-bond donors (Lipinski definition) is 1. The Morgan fingerprint density at radius 2 is 2.00 bits per heavy atom. The molecule has 18 heavy (non-hydrogen) atoms. The lowest BCUT2D eigenvalue weighted by Gasteiger charge is -2.05. The lowest BCUT2D eigenvalue weighted by molar-refractivity contribution is 0.0507. The van der Waals surface area contributed by atoms with E-state index in [2.05, 4.69) is 20.6 Å². The summed E-state index contributed by atoms with van der Waals surface area (Å²) in [6, 6.07) is 5.63. The number of aromatic nitrogens is 4. The van der Waals surface area contributed by atoms with Crippen LogP contribution < -0.4 is 0 Å². The molecule has 1 aromatic heterocycles. The number of carbonyl (C=O) groups is 1. The summed E-state index contributed by atoms with van der Waals surface area (Å²) in [6.45, 7) is 4.14. The van der Waals surface area contributed by atoms with Crippen LogP contribution in [0.4, 0.5) is 0 Å². The molecule has 0 saturated heterocycles. The van der Waals surface area contributed by atoms with E-state index in [0.717, 1.165) is 11.1 Å². The van der Waals surface area contributed by atoms with E-state index in [0.29, 0.717) is 17.8 Å². The Bertz CT molecular complexity index is 517. The third-order valence-corrected chi connectivity index (χ3v) is 2.41. The van der Waals surface area contributed by atoms with Crippen LogP contribution in [0, 0.1) is 13.8 Å². The van der Waals surface area contributed by atoms with Crippen molar-refractivity contribution in [2.45, 2.75) is 20.3 Å². The van der Waals surface area contributed by atoms with Crippen molar-refractivity contribution in [3.05, 3.63) is 40.7 Å². The predicted molar refractivity (Wildman–Crippen MR) is 64.1 cm³/mol. The number of aromatic amines is 1. The first kappa shape index (κ1) is 12.2. The number of H-pyrrole nitrogens is 1. The molecule has 0 spiro atoms. The fourth-order valence-electron chi connectivity index (χ4n) is 1.70. The second-order valence-corrected chi connectivity index (χ2v) is 4.09. The van der Waals surface area contributed by atoms with Gasteiger partial charge in [0.2, 0.25) is 0 Å². The third kappa shape index (κ3) is 3.13. The number of carbonyl (C=O) groups excluding carboxylic acids is 1. The van der Waals surface area contributed by atoms with Gasteiger partial charge in [0, 0.05) is 6.42 Å². The van der Waals surface area contributed by atoms with Crippen molar-refractivity contribution in [3.8, 4) is 0 Å². The van der Waals surface area contributed by atoms with E-state index in [-0.39, 0.29) is 12.6 Å². The van der Waals surface area contributed by atoms with Gasteiger partial charge >= 0.3 is 5.97 Å². The van der Waals surface area contributed by atoms with Crippen LogP contribution >= 0.6 is 0 Å². The largest absolute Gasteiger partial charge is 0.462 e. The zero-order valence-corrected chi connectivity index (χ0v) is 10.3. The van der Waals surface area contributed by atoms with E-state index in [1.165, 1.54) is 0 Å². The molecule has 6 nitrogen and oxygen atoms in total. The van der Waals surface area contributed by atoms with Crippen molar-refractivity contribution in [2.24, 2.45) is 0 Å². The zero-order chi connectivity index (χ0) is 13.0. The lowest BCUT2D eigenvalue weighted by Crippen LogP contribution is -2.09. The Labute approximate surface area is 104 Å². The molecule has 2 rings (SSSR count). The molecule has 0 aliphatic rings. The number of benzene rings is 1. The van der Waals surface area contributed by atoms with E-state index in [1.807, 2.05) is 32.0 Å². The Hall–Kier alpha value is -2.24. The molecule has 0 radical (unpaired) electrons. The number of rotatable bonds is 4. The Morgan fingerprint density at radius 1 is 1.28 bits per heavy atom. The maximum Gasteiger partial charge on any atom is 0.338 e. The monoisotopic (exact) mass is 246 g/mol. The van der Waals surface area contributed by atoms with E-state index < -0.39 is 0 Å². The molecule has 6 heteroatoms. The summed E-state index contributed by atoms with van der Waals surface area (Å²) in [5, 5.41) is 13.3. The summed E-state index contributed by atoms with van der Waals surface area (Å²) < 4.78 is 5.15. The van der Waals surface area contributed by atoms with Crippen molar-refractivity contribution in [2.75, 3.05) is 6.61 Å². The van der Waals surface area contributed by atoms with Crippen molar-refractivity contribution in [1.82, 2.24) is 20.6 Å². The molecule has 0 unspecified atom stereocenters. The number of esters is 1. The molecule has 1 aromatic carbocycles. The number of nitrogens with zero attached hydrogens (tertiary/aromatic N) is 3. The van der Waals surface area contributed by atoms with Gasteiger partial charge in [0.25, 0.3) is 0 Å². The molecule has 94 valence electrons. The summed E-state index contributed by atoms with van der Waals surface area (Å²) in [5.41, 5.74) is 2.65. The van der Waals surface area contributed by atoms with Gasteiger partial charge in [-0.3, -0.25) is 0 Å². The van der Waals surface area contributed by atoms with Gasteiger partial charge in [-0.2, -0.15) is 5.21 Å². The molecule has 2 aromatic rings. The standard InChI is InChI=1S/C12H14N4O2/c1-8-5-9(2)7-10(6-8)12(17)18-4-3-11-13-15-16-14-11/h5-7H,3-4H2,1-2H3,(H,13,14,15,16). The van der Waals surface area contributed by atoms with E-state index in [4.69, 9.17) is 4.74 Å². The second kappa shape index (κ2) is 5.39. The van der Waals surface area contributed by atoms with Gasteiger partial charge in [0.05, 0.1) is 12.2 Å². The van der Waals surface area contributed by atoms with Gasteiger partial charge in [-0.05, 0) is 26.0 Å². The highest BCUT2D eigenvalue weighted by Crippen LogP contribution is 2.10. The van der Waals surface area contributed by atoms with E-state index in [1.54, 1.807) is 0 Å². The van der Waals surface area contributed by atoms with Crippen molar-refractivity contribution in [3.63, 3.8) is 0 Å². The number of ether oxygens (including phenoxy) is 1. The smallest absolute Gasteiger partial charge is 0.338 e. The summed E-state index contributed by atoms with van der Waals surface area (Å²) >= 11 is 0. The lowest BCUT2D eigenvalue weighted by atomic mass is 10.1. The summed E-state index contributed by atoms with van der Waals surface area (Å²) in [5.74, 6) is 0.202. The van der Waals surface area contributed by atoms with Crippen LogP contribution in [-0.2, 0) is 11.2 Å². The average molecular weight is 246 g/mol. The van der Waals surface area contributed by atoms with Crippen LogP contribution in [-0.4, -0.2) is 33.2 Å². The van der Waals surface area contributed by atoms with Crippen molar-refractivity contribution >= 4 is 5.97 Å². The minimum atomic E-state index is -0.328. The van der Waals surface area contributed by atoms with Crippen molar-refractivity contribution < 1.29 is 9.53 Å². The van der Waals surface area contributed by atoms with Gasteiger partial charge in [-0.1, -0.05) is 22.4 Å². The maximum absolute atomic E-state index is 11.8. The minimum absolute atomic E-state index is 0.241. The molecular formula is C12H14N4O2. The normalized spacial score (nSPS) is 10.3. The minimum Gasteiger partial charge on any atom is -0.462 e. The first-order valence-electron chi connectivity index (χ1n) is 5.63. The molecule has 1 heterocycles. The van der Waals surface area contributed by atoms with Crippen LogP contribution in [0.1, 0.15) is 27.3 Å². The number of tetrazole rings is 1. The molecule has 0 amide bonds. The highest BCUT2D eigenvalue weighted by molar-refractivity contribution is 5.89. The highest BCUT2D eigenvalue weighted by Gasteiger charge is 2.08. The average Bonchev–Trinajstić information content (AvgIpc) is 2.80. The van der Waals surface area contributed by atoms with E-state index >= 15 is 0 Å². The van der Waals surface area contributed by atoms with E-state index in [9.17, 15) is 4.79 Å². The molecule has 0 saturated carbocycles. The first-order valence-corrected chi connectivity index (χ1v) is 5.63. The Morgan fingerprint density at radius 3 is 2.61 bits per heavy atom. The number of nitrogens with one attached hydrogen (secondary N) is 1. The quantitative estimate of drug-likeness (QED) is 0.820. The number of hydrogen-bond acceptors (Lipinski definition) is 5. The predicted octanol–water partition coefficient (Wildman–Crippen LogP) is 1.22. The van der Waals surface area contributed by atoms with Gasteiger partial charge in [0.1, 0.15) is 0 Å². The zero-order valence-electron chi connectivity index (χ0n) is 10.3. The molecule has 0 atom stereocenters. The molecule has 0 aliphatic heterocycles. The fourth-order valence-corrected chi connectivity index (χ4v) is 1.70. The van der Waals surface area contributed by atoms with Crippen LogP contribution in [0.2, 0.25) is 0 Å². The van der Waals surface area contributed by atoms with Crippen LogP contribution in [0.5, 0.6) is 0 Å². The molecule has 1 N–H and O–H groups in total. The van der Waals surface area contributed by atoms with Crippen LogP contribution in [0.3, 0.4) is 0 Å². The number of aryl methyl sites for hydroxylation is 2. The summed E-state index contributed by atoms with van der Waals surface area (Å²) in [6.07, 6.45) is 0.451. The van der Waals surface area contributed by atoms with Gasteiger partial charge in [0.15, 0.2) is 5.82 Å². The highest BCUT2D eigenvalue weighted by atomic mass is 16.5. The second-order valence-electron chi connectivity index (χ2n) is 4.09. The Kier molecular flexibility index (Phi) is 3.66. The third-order valence-electron chi connectivity index (χ3n) is 2.41. The fraction of sp³-hybridized carbons (Fsp3) is 0.333. The Balaban J connectivity index is 1.91. The summed E-state index contributed by atoms with van der Waals surface area (Å²) in [7, 11) is 0. The van der Waals surface area contributed by atoms with Crippen LogP contribution in [0.25, 0.3) is 0 Å². The van der Waals surface area contributed by atoms with Crippen molar-refractivity contribution in [1.29, 1.82) is 0 Å².